The Labute approximate surface area is 157 Å². The Hall–Kier alpha value is -1.46. The van der Waals surface area contributed by atoms with E-state index in [9.17, 15) is 9.59 Å². The van der Waals surface area contributed by atoms with Gasteiger partial charge in [0.2, 0.25) is 5.91 Å². The number of halogens is 2. The maximum absolute atomic E-state index is 12.9. The van der Waals surface area contributed by atoms with Crippen LogP contribution in [0.25, 0.3) is 0 Å². The molecule has 1 aliphatic carbocycles. The molecule has 2 fully saturated rings. The van der Waals surface area contributed by atoms with Crippen molar-refractivity contribution < 1.29 is 14.3 Å². The fraction of sp³-hybridized carbons (Fsp3) is 0.556. The van der Waals surface area contributed by atoms with E-state index in [0.717, 1.165) is 25.7 Å². The maximum atomic E-state index is 12.9. The summed E-state index contributed by atoms with van der Waals surface area (Å²) in [6.07, 6.45) is 4.27. The number of rotatable bonds is 3. The number of carbonyl (C=O) groups is 2. The van der Waals surface area contributed by atoms with Gasteiger partial charge in [0, 0.05) is 32.1 Å². The lowest BCUT2D eigenvalue weighted by Gasteiger charge is -2.36. The van der Waals surface area contributed by atoms with Crippen molar-refractivity contribution in [2.24, 2.45) is 5.92 Å². The van der Waals surface area contributed by atoms with Crippen molar-refractivity contribution in [3.8, 4) is 5.75 Å². The van der Waals surface area contributed by atoms with Gasteiger partial charge in [-0.05, 0) is 25.0 Å². The van der Waals surface area contributed by atoms with Crippen LogP contribution < -0.4 is 4.74 Å². The number of nitrogens with zero attached hydrogens (tertiary/aromatic N) is 2. The topological polar surface area (TPSA) is 49.9 Å². The molecule has 1 saturated carbocycles. The maximum Gasteiger partial charge on any atom is 0.259 e. The molecule has 1 heterocycles. The molecule has 0 unspecified atom stereocenters. The normalized spacial score (nSPS) is 18.5. The largest absolute Gasteiger partial charge is 0.494 e. The lowest BCUT2D eigenvalue weighted by molar-refractivity contribution is -0.136. The van der Waals surface area contributed by atoms with Gasteiger partial charge >= 0.3 is 0 Å². The predicted octanol–water partition coefficient (Wildman–Crippen LogP) is 3.48. The van der Waals surface area contributed by atoms with E-state index in [0.29, 0.717) is 42.0 Å². The molecule has 0 N–H and O–H groups in total. The van der Waals surface area contributed by atoms with Crippen molar-refractivity contribution in [1.82, 2.24) is 9.80 Å². The third-order valence-electron chi connectivity index (χ3n) is 5.06. The van der Waals surface area contributed by atoms with Crippen LogP contribution in [0, 0.1) is 5.92 Å². The summed E-state index contributed by atoms with van der Waals surface area (Å²) < 4.78 is 5.27. The molecular weight excluding hydrogens is 363 g/mol. The number of hydrogen-bond acceptors (Lipinski definition) is 3. The second kappa shape index (κ2) is 7.83. The lowest BCUT2D eigenvalue weighted by atomic mass is 10.1. The van der Waals surface area contributed by atoms with Crippen molar-refractivity contribution in [2.75, 3.05) is 33.3 Å². The molecule has 136 valence electrons. The molecule has 0 bridgehead atoms. The van der Waals surface area contributed by atoms with E-state index in [4.69, 9.17) is 27.9 Å². The number of methoxy groups -OCH3 is 1. The quantitative estimate of drug-likeness (QED) is 0.801. The average Bonchev–Trinajstić information content (AvgIpc) is 3.17. The average molecular weight is 385 g/mol. The van der Waals surface area contributed by atoms with Crippen LogP contribution in [0.15, 0.2) is 12.1 Å². The Kier molecular flexibility index (Phi) is 5.74. The van der Waals surface area contributed by atoms with Crippen LogP contribution in [-0.2, 0) is 4.79 Å². The van der Waals surface area contributed by atoms with Gasteiger partial charge in [-0.1, -0.05) is 36.0 Å². The lowest BCUT2D eigenvalue weighted by Crippen LogP contribution is -2.51. The monoisotopic (exact) mass is 384 g/mol. The predicted molar refractivity (Wildman–Crippen MR) is 97.5 cm³/mol. The van der Waals surface area contributed by atoms with Crippen LogP contribution in [0.2, 0.25) is 10.0 Å². The first kappa shape index (κ1) is 18.3. The highest BCUT2D eigenvalue weighted by Gasteiger charge is 2.32. The molecule has 1 saturated heterocycles. The standard InChI is InChI=1S/C18H22Cl2N2O3/c1-25-16-14(20)7-6-13(19)15(16)18(24)22-10-8-21(9-11-22)17(23)12-4-2-3-5-12/h6-7,12H,2-5,8-11H2,1H3. The Morgan fingerprint density at radius 3 is 2.16 bits per heavy atom. The first-order valence-corrected chi connectivity index (χ1v) is 9.38. The Morgan fingerprint density at radius 2 is 1.56 bits per heavy atom. The van der Waals surface area contributed by atoms with Gasteiger partial charge in [-0.2, -0.15) is 0 Å². The summed E-state index contributed by atoms with van der Waals surface area (Å²) in [5.74, 6) is 0.494. The van der Waals surface area contributed by atoms with Gasteiger partial charge in [0.1, 0.15) is 5.56 Å². The minimum absolute atomic E-state index is 0.171. The molecule has 2 aliphatic rings. The van der Waals surface area contributed by atoms with E-state index in [2.05, 4.69) is 0 Å². The van der Waals surface area contributed by atoms with Crippen LogP contribution in [0.1, 0.15) is 36.0 Å². The molecule has 0 spiro atoms. The van der Waals surface area contributed by atoms with Crippen molar-refractivity contribution in [3.05, 3.63) is 27.7 Å². The molecule has 1 aliphatic heterocycles. The van der Waals surface area contributed by atoms with Crippen LogP contribution in [-0.4, -0.2) is 54.9 Å². The Bertz CT molecular complexity index is 667. The Morgan fingerprint density at radius 1 is 1.00 bits per heavy atom. The minimum Gasteiger partial charge on any atom is -0.494 e. The highest BCUT2D eigenvalue weighted by Crippen LogP contribution is 2.35. The summed E-state index contributed by atoms with van der Waals surface area (Å²) in [5.41, 5.74) is 0.284. The fourth-order valence-electron chi connectivity index (χ4n) is 3.65. The summed E-state index contributed by atoms with van der Waals surface area (Å²) >= 11 is 12.3. The fourth-order valence-corrected chi connectivity index (χ4v) is 4.12. The van der Waals surface area contributed by atoms with Crippen LogP contribution in [0.5, 0.6) is 5.75 Å². The van der Waals surface area contributed by atoms with E-state index in [1.54, 1.807) is 17.0 Å². The molecule has 1 aromatic rings. The molecular formula is C18H22Cl2N2O3. The van der Waals surface area contributed by atoms with Crippen molar-refractivity contribution >= 4 is 35.0 Å². The van der Waals surface area contributed by atoms with E-state index in [1.165, 1.54) is 7.11 Å². The molecule has 25 heavy (non-hydrogen) atoms. The number of hydrogen-bond donors (Lipinski definition) is 0. The zero-order valence-corrected chi connectivity index (χ0v) is 15.8. The molecule has 0 radical (unpaired) electrons. The molecule has 3 rings (SSSR count). The smallest absolute Gasteiger partial charge is 0.259 e. The van der Waals surface area contributed by atoms with E-state index in [-0.39, 0.29) is 23.3 Å². The molecule has 0 atom stereocenters. The molecule has 5 nitrogen and oxygen atoms in total. The van der Waals surface area contributed by atoms with Crippen molar-refractivity contribution in [3.63, 3.8) is 0 Å². The number of piperazine rings is 1. The minimum atomic E-state index is -0.211. The summed E-state index contributed by atoms with van der Waals surface area (Å²) in [4.78, 5) is 29.0. The zero-order valence-electron chi connectivity index (χ0n) is 14.3. The summed E-state index contributed by atoms with van der Waals surface area (Å²) in [5, 5.41) is 0.668. The second-order valence-corrected chi connectivity index (χ2v) is 7.35. The van der Waals surface area contributed by atoms with E-state index < -0.39 is 0 Å². The number of benzene rings is 1. The highest BCUT2D eigenvalue weighted by atomic mass is 35.5. The highest BCUT2D eigenvalue weighted by molar-refractivity contribution is 6.37. The molecule has 0 aromatic heterocycles. The first-order chi connectivity index (χ1) is 12.0. The van der Waals surface area contributed by atoms with Gasteiger partial charge in [0.25, 0.3) is 5.91 Å². The third kappa shape index (κ3) is 3.72. The van der Waals surface area contributed by atoms with E-state index >= 15 is 0 Å². The SMILES string of the molecule is COc1c(Cl)ccc(Cl)c1C(=O)N1CCN(C(=O)C2CCCC2)CC1. The van der Waals surface area contributed by atoms with Gasteiger partial charge < -0.3 is 14.5 Å². The van der Waals surface area contributed by atoms with E-state index in [1.807, 2.05) is 4.90 Å². The van der Waals surface area contributed by atoms with Gasteiger partial charge in [0.05, 0.1) is 17.2 Å². The van der Waals surface area contributed by atoms with Crippen LogP contribution in [0.4, 0.5) is 0 Å². The number of ether oxygens (including phenoxy) is 1. The van der Waals surface area contributed by atoms with Gasteiger partial charge in [-0.25, -0.2) is 0 Å². The second-order valence-electron chi connectivity index (χ2n) is 6.54. The third-order valence-corrected chi connectivity index (χ3v) is 5.67. The molecule has 1 aromatic carbocycles. The van der Waals surface area contributed by atoms with Gasteiger partial charge in [0.15, 0.2) is 5.75 Å². The van der Waals surface area contributed by atoms with Crippen molar-refractivity contribution in [2.45, 2.75) is 25.7 Å². The molecule has 7 heteroatoms. The molecule has 2 amide bonds. The van der Waals surface area contributed by atoms with Crippen molar-refractivity contribution in [1.29, 1.82) is 0 Å². The Balaban J connectivity index is 1.68. The van der Waals surface area contributed by atoms with Crippen LogP contribution >= 0.6 is 23.2 Å². The summed E-state index contributed by atoms with van der Waals surface area (Å²) in [7, 11) is 1.46. The van der Waals surface area contributed by atoms with Crippen LogP contribution in [0.3, 0.4) is 0 Å². The number of amides is 2. The summed E-state index contributed by atoms with van der Waals surface area (Å²) in [6.45, 7) is 2.09. The van der Waals surface area contributed by atoms with Gasteiger partial charge in [-0.15, -0.1) is 0 Å². The summed E-state index contributed by atoms with van der Waals surface area (Å²) in [6, 6.07) is 3.21. The first-order valence-electron chi connectivity index (χ1n) is 8.63. The van der Waals surface area contributed by atoms with Gasteiger partial charge in [-0.3, -0.25) is 9.59 Å². The zero-order chi connectivity index (χ0) is 18.0. The number of carbonyl (C=O) groups excluding carboxylic acids is 2.